The normalized spacial score (nSPS) is 11.4. The van der Waals surface area contributed by atoms with Gasteiger partial charge in [-0.25, -0.2) is 14.8 Å². The Morgan fingerprint density at radius 3 is 2.46 bits per heavy atom. The van der Waals surface area contributed by atoms with Gasteiger partial charge in [0.25, 0.3) is 0 Å². The molecule has 8 nitrogen and oxygen atoms in total. The largest absolute Gasteiger partial charge is 0.511 e. The standard InChI is InChI=1S/C33H37N5O3/c1-5-31-35-32-23(4)18-26(28-21-37(22-34-28)17-16-36(6-2)7-3)19-29(32)38(31)20-24-12-14-25(15-13-24)27-10-8-9-11-30(27)41-33(39)40/h8-15,18-19,21-22H,5-7,16-17,20H2,1-4H3,(H,39,40). The molecule has 0 saturated carbocycles. The maximum absolute atomic E-state index is 11.1. The molecule has 5 rings (SSSR count). The van der Waals surface area contributed by atoms with Crippen LogP contribution >= 0.6 is 0 Å². The van der Waals surface area contributed by atoms with Crippen molar-refractivity contribution in [2.24, 2.45) is 0 Å². The van der Waals surface area contributed by atoms with E-state index in [4.69, 9.17) is 19.8 Å². The van der Waals surface area contributed by atoms with Crippen LogP contribution in [0.15, 0.2) is 73.2 Å². The van der Waals surface area contributed by atoms with Gasteiger partial charge in [-0.05, 0) is 54.9 Å². The van der Waals surface area contributed by atoms with Gasteiger partial charge in [0.15, 0.2) is 0 Å². The molecule has 0 fully saturated rings. The molecule has 0 aliphatic rings. The fraction of sp³-hybridized carbons (Fsp3) is 0.303. The van der Waals surface area contributed by atoms with Gasteiger partial charge in [0, 0.05) is 43.4 Å². The topological polar surface area (TPSA) is 85.4 Å². The molecule has 0 radical (unpaired) electrons. The number of fused-ring (bicyclic) bond motifs is 1. The summed E-state index contributed by atoms with van der Waals surface area (Å²) < 4.78 is 9.44. The molecular formula is C33H37N5O3. The summed E-state index contributed by atoms with van der Waals surface area (Å²) in [6.45, 7) is 13.3. The van der Waals surface area contributed by atoms with Crippen LogP contribution in [0.5, 0.6) is 5.75 Å². The highest BCUT2D eigenvalue weighted by atomic mass is 16.7. The Morgan fingerprint density at radius 2 is 1.76 bits per heavy atom. The van der Waals surface area contributed by atoms with Crippen LogP contribution in [0, 0.1) is 6.92 Å². The predicted molar refractivity (Wildman–Crippen MR) is 162 cm³/mol. The van der Waals surface area contributed by atoms with Gasteiger partial charge in [0.05, 0.1) is 23.1 Å². The molecule has 0 spiro atoms. The van der Waals surface area contributed by atoms with Crippen LogP contribution in [-0.4, -0.2) is 54.9 Å². The molecule has 0 saturated heterocycles. The maximum Gasteiger partial charge on any atom is 0.511 e. The fourth-order valence-corrected chi connectivity index (χ4v) is 5.32. The van der Waals surface area contributed by atoms with Crippen LogP contribution in [-0.2, 0) is 19.5 Å². The number of aryl methyl sites for hydroxylation is 2. The minimum Gasteiger partial charge on any atom is -0.449 e. The molecule has 0 atom stereocenters. The summed E-state index contributed by atoms with van der Waals surface area (Å²) in [5.41, 5.74) is 8.06. The van der Waals surface area contributed by atoms with Gasteiger partial charge in [-0.15, -0.1) is 0 Å². The Morgan fingerprint density at radius 1 is 1.00 bits per heavy atom. The summed E-state index contributed by atoms with van der Waals surface area (Å²) in [5.74, 6) is 1.36. The quantitative estimate of drug-likeness (QED) is 0.142. The number of hydrogen-bond acceptors (Lipinski definition) is 5. The lowest BCUT2D eigenvalue weighted by molar-refractivity contribution is 0.144. The van der Waals surface area contributed by atoms with E-state index in [0.29, 0.717) is 12.3 Å². The molecule has 212 valence electrons. The zero-order valence-electron chi connectivity index (χ0n) is 24.2. The molecule has 41 heavy (non-hydrogen) atoms. The van der Waals surface area contributed by atoms with Gasteiger partial charge >= 0.3 is 6.16 Å². The second kappa shape index (κ2) is 12.4. The van der Waals surface area contributed by atoms with E-state index in [1.165, 1.54) is 0 Å². The zero-order valence-corrected chi connectivity index (χ0v) is 24.2. The van der Waals surface area contributed by atoms with Crippen LogP contribution < -0.4 is 4.74 Å². The van der Waals surface area contributed by atoms with Crippen LogP contribution in [0.25, 0.3) is 33.4 Å². The summed E-state index contributed by atoms with van der Waals surface area (Å²) in [6, 6.07) is 19.7. The molecule has 5 aromatic rings. The van der Waals surface area contributed by atoms with Crippen molar-refractivity contribution in [3.8, 4) is 28.1 Å². The molecule has 0 amide bonds. The first-order valence-electron chi connectivity index (χ1n) is 14.2. The van der Waals surface area contributed by atoms with Crippen LogP contribution in [0.3, 0.4) is 0 Å². The van der Waals surface area contributed by atoms with Gasteiger partial charge in [0.2, 0.25) is 0 Å². The number of ether oxygens (including phenoxy) is 1. The first-order valence-corrected chi connectivity index (χ1v) is 14.2. The first kappa shape index (κ1) is 28.1. The lowest BCUT2D eigenvalue weighted by atomic mass is 10.0. The average Bonchev–Trinajstić information content (AvgIpc) is 3.59. The van der Waals surface area contributed by atoms with Crippen molar-refractivity contribution in [3.63, 3.8) is 0 Å². The van der Waals surface area contributed by atoms with Gasteiger partial charge in [-0.2, -0.15) is 0 Å². The van der Waals surface area contributed by atoms with Crippen molar-refractivity contribution < 1.29 is 14.6 Å². The monoisotopic (exact) mass is 551 g/mol. The molecular weight excluding hydrogens is 514 g/mol. The SMILES string of the molecule is CCc1nc2c(C)cc(-c3cn(CCN(CC)CC)cn3)cc2n1Cc1ccc(-c2ccccc2OC(=O)O)cc1. The Hall–Kier alpha value is -4.43. The minimum atomic E-state index is -1.32. The van der Waals surface area contributed by atoms with Gasteiger partial charge in [-0.3, -0.25) is 0 Å². The highest BCUT2D eigenvalue weighted by Gasteiger charge is 2.16. The van der Waals surface area contributed by atoms with Gasteiger partial charge in [0.1, 0.15) is 11.6 Å². The number of benzene rings is 3. The molecule has 2 heterocycles. The number of rotatable bonds is 11. The Bertz CT molecular complexity index is 1650. The second-order valence-corrected chi connectivity index (χ2v) is 10.2. The number of nitrogens with zero attached hydrogens (tertiary/aromatic N) is 5. The van der Waals surface area contributed by atoms with E-state index in [0.717, 1.165) is 83.0 Å². The van der Waals surface area contributed by atoms with Crippen molar-refractivity contribution in [3.05, 3.63) is 90.1 Å². The van der Waals surface area contributed by atoms with Crippen LogP contribution in [0.1, 0.15) is 37.7 Å². The zero-order chi connectivity index (χ0) is 28.9. The first-order chi connectivity index (χ1) is 19.9. The number of aromatic nitrogens is 4. The van der Waals surface area contributed by atoms with Crippen molar-refractivity contribution in [1.82, 2.24) is 24.0 Å². The fourth-order valence-electron chi connectivity index (χ4n) is 5.32. The van der Waals surface area contributed by atoms with E-state index in [2.05, 4.69) is 72.2 Å². The number of carbonyl (C=O) groups is 1. The third kappa shape index (κ3) is 6.18. The van der Waals surface area contributed by atoms with E-state index < -0.39 is 6.16 Å². The smallest absolute Gasteiger partial charge is 0.449 e. The van der Waals surface area contributed by atoms with E-state index in [9.17, 15) is 4.79 Å². The van der Waals surface area contributed by atoms with Gasteiger partial charge in [-0.1, -0.05) is 63.2 Å². The Labute approximate surface area is 240 Å². The third-order valence-electron chi connectivity index (χ3n) is 7.63. The predicted octanol–water partition coefficient (Wildman–Crippen LogP) is 6.88. The average molecular weight is 552 g/mol. The van der Waals surface area contributed by atoms with Crippen molar-refractivity contribution in [1.29, 1.82) is 0 Å². The summed E-state index contributed by atoms with van der Waals surface area (Å²) in [6.07, 6.45) is 3.56. The second-order valence-electron chi connectivity index (χ2n) is 10.2. The highest BCUT2D eigenvalue weighted by molar-refractivity contribution is 5.85. The molecule has 8 heteroatoms. The van der Waals surface area contributed by atoms with Crippen molar-refractivity contribution >= 4 is 17.2 Å². The van der Waals surface area contributed by atoms with Crippen molar-refractivity contribution in [2.75, 3.05) is 19.6 Å². The number of imidazole rings is 2. The van der Waals surface area contributed by atoms with Crippen LogP contribution in [0.2, 0.25) is 0 Å². The summed E-state index contributed by atoms with van der Waals surface area (Å²) in [7, 11) is 0. The summed E-state index contributed by atoms with van der Waals surface area (Å²) in [5, 5.41) is 9.10. The van der Waals surface area contributed by atoms with Crippen LogP contribution in [0.4, 0.5) is 4.79 Å². The summed E-state index contributed by atoms with van der Waals surface area (Å²) in [4.78, 5) is 23.3. The lowest BCUT2D eigenvalue weighted by Gasteiger charge is -2.17. The molecule has 0 aliphatic heterocycles. The van der Waals surface area contributed by atoms with E-state index in [1.807, 2.05) is 30.6 Å². The highest BCUT2D eigenvalue weighted by Crippen LogP contribution is 2.31. The lowest BCUT2D eigenvalue weighted by Crippen LogP contribution is -2.26. The van der Waals surface area contributed by atoms with E-state index in [-0.39, 0.29) is 0 Å². The minimum absolute atomic E-state index is 0.320. The third-order valence-corrected chi connectivity index (χ3v) is 7.63. The molecule has 0 aliphatic carbocycles. The maximum atomic E-state index is 11.1. The number of likely N-dealkylation sites (N-methyl/N-ethyl adjacent to an activating group) is 1. The number of hydrogen-bond donors (Lipinski definition) is 1. The summed E-state index contributed by atoms with van der Waals surface area (Å²) >= 11 is 0. The number of para-hydroxylation sites is 1. The van der Waals surface area contributed by atoms with E-state index >= 15 is 0 Å². The molecule has 0 bridgehead atoms. The van der Waals surface area contributed by atoms with Crippen molar-refractivity contribution in [2.45, 2.75) is 47.2 Å². The Kier molecular flexibility index (Phi) is 8.50. The number of carboxylic acid groups (broad SMARTS) is 1. The molecule has 0 unspecified atom stereocenters. The van der Waals surface area contributed by atoms with E-state index in [1.54, 1.807) is 12.1 Å². The Balaban J connectivity index is 1.43. The van der Waals surface area contributed by atoms with Gasteiger partial charge < -0.3 is 23.9 Å². The molecule has 2 aromatic heterocycles. The molecule has 3 aromatic carbocycles. The molecule has 1 N–H and O–H groups in total.